The van der Waals surface area contributed by atoms with Crippen molar-refractivity contribution in [3.05, 3.63) is 105 Å². The Labute approximate surface area is 329 Å². The molecule has 0 spiro atoms. The molecule has 5 aromatic carbocycles. The lowest BCUT2D eigenvalue weighted by molar-refractivity contribution is -0.0473. The van der Waals surface area contributed by atoms with E-state index in [1.165, 1.54) is 93.5 Å². The van der Waals surface area contributed by atoms with E-state index >= 15 is 0 Å². The van der Waals surface area contributed by atoms with Gasteiger partial charge in [-0.2, -0.15) is 0 Å². The van der Waals surface area contributed by atoms with E-state index in [-0.39, 0.29) is 0 Å². The van der Waals surface area contributed by atoms with Crippen LogP contribution in [0.15, 0.2) is 93.9 Å². The van der Waals surface area contributed by atoms with Crippen LogP contribution in [0, 0.1) is 35.5 Å². The summed E-state index contributed by atoms with van der Waals surface area (Å²) in [6, 6.07) is 31.6. The summed E-state index contributed by atoms with van der Waals surface area (Å²) in [5.41, 5.74) is 7.35. The summed E-state index contributed by atoms with van der Waals surface area (Å²) in [4.78, 5) is 0. The molecule has 0 heterocycles. The minimum Gasteiger partial charge on any atom is -0.373 e. The van der Waals surface area contributed by atoms with Crippen LogP contribution in [0.3, 0.4) is 0 Å². The molecule has 2 saturated carbocycles. The van der Waals surface area contributed by atoms with Crippen molar-refractivity contribution in [2.24, 2.45) is 35.5 Å². The minimum absolute atomic E-state index is 0.365. The van der Waals surface area contributed by atoms with Crippen molar-refractivity contribution in [2.75, 3.05) is 0 Å². The van der Waals surface area contributed by atoms with E-state index in [0.717, 1.165) is 20.8 Å². The van der Waals surface area contributed by atoms with E-state index in [1.807, 2.05) is 0 Å². The number of hydrogen-bond acceptors (Lipinski definition) is 2. The van der Waals surface area contributed by atoms with E-state index in [0.29, 0.717) is 49.1 Å². The van der Waals surface area contributed by atoms with Crippen molar-refractivity contribution in [2.45, 2.75) is 105 Å². The van der Waals surface area contributed by atoms with E-state index in [2.05, 4.69) is 158 Å². The molecule has 7 rings (SSSR count). The fraction of sp³-hybridized carbons (Fsp3) is 0.458. The molecule has 5 aromatic rings. The Morgan fingerprint density at radius 3 is 1.23 bits per heavy atom. The zero-order valence-electron chi connectivity index (χ0n) is 31.9. The van der Waals surface area contributed by atoms with Crippen LogP contribution >= 0.6 is 31.9 Å². The molecular weight excluding hydrogens is 768 g/mol. The average molecular weight is 825 g/mol. The quantitative estimate of drug-likeness (QED) is 0.131. The molecule has 2 aliphatic rings. The van der Waals surface area contributed by atoms with Crippen LogP contribution in [0.1, 0.15) is 91.2 Å². The fourth-order valence-corrected chi connectivity index (χ4v) is 10.4. The van der Waals surface area contributed by atoms with E-state index < -0.39 is 0 Å². The van der Waals surface area contributed by atoms with Gasteiger partial charge in [-0.25, -0.2) is 0 Å². The summed E-state index contributed by atoms with van der Waals surface area (Å²) >= 11 is 8.04. The monoisotopic (exact) mass is 822 g/mol. The highest BCUT2D eigenvalue weighted by Gasteiger charge is 2.32. The third kappa shape index (κ3) is 8.26. The van der Waals surface area contributed by atoms with Crippen LogP contribution in [0.2, 0.25) is 0 Å². The summed E-state index contributed by atoms with van der Waals surface area (Å²) < 4.78 is 15.4. The van der Waals surface area contributed by atoms with Gasteiger partial charge in [-0.05, 0) is 160 Å². The van der Waals surface area contributed by atoms with Gasteiger partial charge in [-0.15, -0.1) is 0 Å². The van der Waals surface area contributed by atoms with E-state index in [1.54, 1.807) is 0 Å². The molecule has 0 amide bonds. The molecule has 0 radical (unpaired) electrons. The van der Waals surface area contributed by atoms with Gasteiger partial charge in [0.05, 0.1) is 25.4 Å². The van der Waals surface area contributed by atoms with Gasteiger partial charge in [0.15, 0.2) is 0 Å². The predicted molar refractivity (Wildman–Crippen MR) is 228 cm³/mol. The highest BCUT2D eigenvalue weighted by Crippen LogP contribution is 2.43. The van der Waals surface area contributed by atoms with Crippen molar-refractivity contribution >= 4 is 53.4 Å². The third-order valence-corrected chi connectivity index (χ3v) is 14.1. The fourth-order valence-electron chi connectivity index (χ4n) is 9.09. The number of benzene rings is 5. The first-order valence-electron chi connectivity index (χ1n) is 19.8. The minimum atomic E-state index is 0.365. The van der Waals surface area contributed by atoms with Gasteiger partial charge in [-0.3, -0.25) is 0 Å². The second kappa shape index (κ2) is 16.5. The highest BCUT2D eigenvalue weighted by molar-refractivity contribution is 9.11. The van der Waals surface area contributed by atoms with Gasteiger partial charge in [0.1, 0.15) is 0 Å². The Kier molecular flexibility index (Phi) is 12.0. The van der Waals surface area contributed by atoms with Crippen molar-refractivity contribution in [1.82, 2.24) is 0 Å². The van der Waals surface area contributed by atoms with Crippen molar-refractivity contribution in [3.8, 4) is 22.3 Å². The zero-order chi connectivity index (χ0) is 36.5. The van der Waals surface area contributed by atoms with Gasteiger partial charge in [0, 0.05) is 8.95 Å². The maximum atomic E-state index is 6.55. The van der Waals surface area contributed by atoms with Crippen molar-refractivity contribution < 1.29 is 9.47 Å². The number of fused-ring (bicyclic) bond motifs is 2. The summed E-state index contributed by atoms with van der Waals surface area (Å²) in [5, 5.41) is 4.83. The van der Waals surface area contributed by atoms with Gasteiger partial charge >= 0.3 is 0 Å². The predicted octanol–water partition coefficient (Wildman–Crippen LogP) is 14.8. The molecule has 0 aliphatic heterocycles. The second-order valence-corrected chi connectivity index (χ2v) is 18.5. The van der Waals surface area contributed by atoms with Crippen LogP contribution in [-0.2, 0) is 22.7 Å². The van der Waals surface area contributed by atoms with Gasteiger partial charge in [-0.1, -0.05) is 127 Å². The third-order valence-electron chi connectivity index (χ3n) is 12.4. The SMILES string of the molecule is CC(C)[C@H]1CC[C@H](C)C[C@@H]1OCc1ccc(-c2ccc3c(Br)c4cc(-c5ccc(CO[C@H]6C[C@@H](C)CC[C@@H]6C(C)C)cc5)ccc4c(Br)c3c2)cc1. The van der Waals surface area contributed by atoms with Crippen molar-refractivity contribution in [1.29, 1.82) is 0 Å². The van der Waals surface area contributed by atoms with Gasteiger partial charge in [0.25, 0.3) is 0 Å². The molecule has 0 bridgehead atoms. The summed E-state index contributed by atoms with van der Waals surface area (Å²) in [7, 11) is 0. The second-order valence-electron chi connectivity index (χ2n) is 16.9. The van der Waals surface area contributed by atoms with Crippen LogP contribution in [0.25, 0.3) is 43.8 Å². The smallest absolute Gasteiger partial charge is 0.0720 e. The lowest BCUT2D eigenvalue weighted by Gasteiger charge is -2.37. The molecule has 4 heteroatoms. The number of ether oxygens (including phenoxy) is 2. The first-order valence-corrected chi connectivity index (χ1v) is 21.4. The van der Waals surface area contributed by atoms with Crippen molar-refractivity contribution in [3.63, 3.8) is 0 Å². The number of halogens is 2. The Morgan fingerprint density at radius 1 is 0.500 bits per heavy atom. The molecular formula is C48H56Br2O2. The lowest BCUT2D eigenvalue weighted by Crippen LogP contribution is -2.34. The molecule has 274 valence electrons. The largest absolute Gasteiger partial charge is 0.373 e. The maximum Gasteiger partial charge on any atom is 0.0720 e. The molecule has 52 heavy (non-hydrogen) atoms. The standard InChI is InChI=1S/C48H56Br2O2/c1-29(2)39-19-7-31(5)23-45(39)51-27-33-9-13-35(14-10-33)37-17-21-41-43(25-37)47(49)42-22-18-38(26-44(42)48(41)50)36-15-11-34(12-16-36)28-52-46-24-32(6)8-20-40(46)30(3)4/h9-18,21-22,25-26,29-32,39-40,45-46H,7-8,19-20,23-24,27-28H2,1-6H3/t31-,32-,39+,40+,45-,46-/m0/s1. The Morgan fingerprint density at radius 2 is 0.865 bits per heavy atom. The average Bonchev–Trinajstić information content (AvgIpc) is 3.15. The highest BCUT2D eigenvalue weighted by atomic mass is 79.9. The molecule has 0 unspecified atom stereocenters. The number of rotatable bonds is 10. The van der Waals surface area contributed by atoms with Crippen LogP contribution in [-0.4, -0.2) is 12.2 Å². The van der Waals surface area contributed by atoms with Crippen LogP contribution in [0.4, 0.5) is 0 Å². The summed E-state index contributed by atoms with van der Waals surface area (Å²) in [6.45, 7) is 15.5. The Hall–Kier alpha value is -2.50. The van der Waals surface area contributed by atoms with Crippen LogP contribution < -0.4 is 0 Å². The van der Waals surface area contributed by atoms with Crippen LogP contribution in [0.5, 0.6) is 0 Å². The molecule has 6 atom stereocenters. The van der Waals surface area contributed by atoms with Gasteiger partial charge in [0.2, 0.25) is 0 Å². The van der Waals surface area contributed by atoms with E-state index in [4.69, 9.17) is 9.47 Å². The number of hydrogen-bond donors (Lipinski definition) is 0. The molecule has 2 nitrogen and oxygen atoms in total. The molecule has 2 aliphatic carbocycles. The topological polar surface area (TPSA) is 18.5 Å². The first kappa shape index (κ1) is 37.8. The molecule has 0 N–H and O–H groups in total. The molecule has 0 aromatic heterocycles. The molecule has 2 fully saturated rings. The Bertz CT molecular complexity index is 1830. The normalized spacial score (nSPS) is 24.0. The first-order chi connectivity index (χ1) is 25.0. The lowest BCUT2D eigenvalue weighted by atomic mass is 9.75. The maximum absolute atomic E-state index is 6.55. The zero-order valence-corrected chi connectivity index (χ0v) is 35.1. The molecule has 0 saturated heterocycles. The summed E-state index contributed by atoms with van der Waals surface area (Å²) in [5.74, 6) is 4.18. The van der Waals surface area contributed by atoms with Gasteiger partial charge < -0.3 is 9.47 Å². The summed E-state index contributed by atoms with van der Waals surface area (Å²) in [6.07, 6.45) is 8.33. The van der Waals surface area contributed by atoms with E-state index in [9.17, 15) is 0 Å². The Balaban J connectivity index is 1.06.